The third-order valence-electron chi connectivity index (χ3n) is 2.43. The molecule has 84 valence electrons. The predicted molar refractivity (Wildman–Crippen MR) is 70.9 cm³/mol. The highest BCUT2D eigenvalue weighted by atomic mass is 32.2. The quantitative estimate of drug-likeness (QED) is 0.543. The van der Waals surface area contributed by atoms with E-state index in [1.165, 1.54) is 36.3 Å². The lowest BCUT2D eigenvalue weighted by molar-refractivity contribution is 0.685. The first-order chi connectivity index (χ1) is 7.36. The van der Waals surface area contributed by atoms with E-state index in [-0.39, 0.29) is 0 Å². The normalized spacial score (nSPS) is 10.3. The van der Waals surface area contributed by atoms with Crippen LogP contribution in [0.2, 0.25) is 0 Å². The maximum atomic E-state index is 3.46. The fourth-order valence-electron chi connectivity index (χ4n) is 1.52. The van der Waals surface area contributed by atoms with Gasteiger partial charge in [0.25, 0.3) is 0 Å². The number of hydrogen-bond acceptors (Lipinski definition) is 2. The summed E-state index contributed by atoms with van der Waals surface area (Å²) in [6.45, 7) is 3.34. The Kier molecular flexibility index (Phi) is 6.33. The molecule has 0 atom stereocenters. The zero-order chi connectivity index (χ0) is 10.9. The van der Waals surface area contributed by atoms with E-state index in [1.54, 1.807) is 11.8 Å². The lowest BCUT2D eigenvalue weighted by Crippen LogP contribution is -2.01. The first-order valence-corrected chi connectivity index (χ1v) is 6.97. The SMILES string of the molecule is CCCCCCNc1cccc(SC)c1. The van der Waals surface area contributed by atoms with Gasteiger partial charge in [-0.3, -0.25) is 0 Å². The Morgan fingerprint density at radius 2 is 2.07 bits per heavy atom. The van der Waals surface area contributed by atoms with Crippen molar-refractivity contribution in [3.63, 3.8) is 0 Å². The summed E-state index contributed by atoms with van der Waals surface area (Å²) in [6.07, 6.45) is 7.39. The van der Waals surface area contributed by atoms with Crippen molar-refractivity contribution in [2.75, 3.05) is 18.1 Å². The van der Waals surface area contributed by atoms with E-state index in [0.29, 0.717) is 0 Å². The topological polar surface area (TPSA) is 12.0 Å². The van der Waals surface area contributed by atoms with Crippen LogP contribution in [0.4, 0.5) is 5.69 Å². The van der Waals surface area contributed by atoms with Crippen molar-refractivity contribution in [1.29, 1.82) is 0 Å². The summed E-state index contributed by atoms with van der Waals surface area (Å²) in [4.78, 5) is 1.33. The van der Waals surface area contributed by atoms with Crippen LogP contribution in [0.5, 0.6) is 0 Å². The molecule has 1 rings (SSSR count). The van der Waals surface area contributed by atoms with Crippen LogP contribution in [-0.2, 0) is 0 Å². The van der Waals surface area contributed by atoms with Crippen LogP contribution in [0.15, 0.2) is 29.2 Å². The molecule has 0 aliphatic heterocycles. The summed E-state index contributed by atoms with van der Waals surface area (Å²) < 4.78 is 0. The Bertz CT molecular complexity index is 273. The van der Waals surface area contributed by atoms with Gasteiger partial charge in [-0.25, -0.2) is 0 Å². The maximum Gasteiger partial charge on any atom is 0.0351 e. The van der Waals surface area contributed by atoms with Gasteiger partial charge in [0.15, 0.2) is 0 Å². The molecule has 15 heavy (non-hydrogen) atoms. The lowest BCUT2D eigenvalue weighted by Gasteiger charge is -2.07. The molecule has 0 saturated carbocycles. The van der Waals surface area contributed by atoms with Crippen LogP contribution in [-0.4, -0.2) is 12.8 Å². The van der Waals surface area contributed by atoms with E-state index in [0.717, 1.165) is 6.54 Å². The first-order valence-electron chi connectivity index (χ1n) is 5.74. The highest BCUT2D eigenvalue weighted by molar-refractivity contribution is 7.98. The van der Waals surface area contributed by atoms with Crippen LogP contribution in [0, 0.1) is 0 Å². The molecule has 2 heteroatoms. The van der Waals surface area contributed by atoms with E-state index >= 15 is 0 Å². The van der Waals surface area contributed by atoms with Gasteiger partial charge in [-0.15, -0.1) is 11.8 Å². The van der Waals surface area contributed by atoms with Crippen LogP contribution >= 0.6 is 11.8 Å². The van der Waals surface area contributed by atoms with Gasteiger partial charge in [0.2, 0.25) is 0 Å². The highest BCUT2D eigenvalue weighted by Gasteiger charge is 1.93. The third-order valence-corrected chi connectivity index (χ3v) is 3.15. The molecule has 0 aliphatic rings. The van der Waals surface area contributed by atoms with E-state index in [9.17, 15) is 0 Å². The molecule has 0 aliphatic carbocycles. The van der Waals surface area contributed by atoms with Gasteiger partial charge in [-0.2, -0.15) is 0 Å². The second-order valence-electron chi connectivity index (χ2n) is 3.72. The van der Waals surface area contributed by atoms with Gasteiger partial charge in [-0.1, -0.05) is 32.3 Å². The number of unbranched alkanes of at least 4 members (excludes halogenated alkanes) is 3. The fraction of sp³-hybridized carbons (Fsp3) is 0.538. The molecule has 0 heterocycles. The van der Waals surface area contributed by atoms with Crippen molar-refractivity contribution in [3.05, 3.63) is 24.3 Å². The number of rotatable bonds is 7. The van der Waals surface area contributed by atoms with E-state index in [1.807, 2.05) is 0 Å². The Labute approximate surface area is 97.7 Å². The zero-order valence-electron chi connectivity index (χ0n) is 9.75. The van der Waals surface area contributed by atoms with Crippen molar-refractivity contribution in [1.82, 2.24) is 0 Å². The van der Waals surface area contributed by atoms with Gasteiger partial charge in [0.1, 0.15) is 0 Å². The average molecular weight is 223 g/mol. The molecule has 0 amide bonds. The summed E-state index contributed by atoms with van der Waals surface area (Å²) in [5, 5.41) is 3.46. The Balaban J connectivity index is 2.24. The second-order valence-corrected chi connectivity index (χ2v) is 4.60. The summed E-state index contributed by atoms with van der Waals surface area (Å²) in [5.41, 5.74) is 1.25. The number of anilines is 1. The number of hydrogen-bond donors (Lipinski definition) is 1. The Hall–Kier alpha value is -0.630. The molecular formula is C13H21NS. The van der Waals surface area contributed by atoms with Crippen LogP contribution < -0.4 is 5.32 Å². The van der Waals surface area contributed by atoms with Crippen molar-refractivity contribution >= 4 is 17.4 Å². The summed E-state index contributed by atoms with van der Waals surface area (Å²) in [7, 11) is 0. The summed E-state index contributed by atoms with van der Waals surface area (Å²) in [6, 6.07) is 8.61. The first kappa shape index (κ1) is 12.4. The van der Waals surface area contributed by atoms with Gasteiger partial charge in [0.05, 0.1) is 0 Å². The average Bonchev–Trinajstić information content (AvgIpc) is 2.29. The lowest BCUT2D eigenvalue weighted by atomic mass is 10.2. The zero-order valence-corrected chi connectivity index (χ0v) is 10.6. The molecule has 1 nitrogen and oxygen atoms in total. The van der Waals surface area contributed by atoms with E-state index in [4.69, 9.17) is 0 Å². The molecule has 0 spiro atoms. The minimum atomic E-state index is 1.10. The molecule has 1 N–H and O–H groups in total. The summed E-state index contributed by atoms with van der Waals surface area (Å²) in [5.74, 6) is 0. The largest absolute Gasteiger partial charge is 0.385 e. The highest BCUT2D eigenvalue weighted by Crippen LogP contribution is 2.18. The van der Waals surface area contributed by atoms with Gasteiger partial charge in [0, 0.05) is 17.1 Å². The molecule has 1 aromatic rings. The van der Waals surface area contributed by atoms with Crippen molar-refractivity contribution in [2.45, 2.75) is 37.5 Å². The summed E-state index contributed by atoms with van der Waals surface area (Å²) >= 11 is 1.79. The Morgan fingerprint density at radius 3 is 2.80 bits per heavy atom. The molecule has 0 aromatic heterocycles. The van der Waals surface area contributed by atoms with Crippen molar-refractivity contribution in [2.24, 2.45) is 0 Å². The van der Waals surface area contributed by atoms with Crippen molar-refractivity contribution < 1.29 is 0 Å². The monoisotopic (exact) mass is 223 g/mol. The van der Waals surface area contributed by atoms with Gasteiger partial charge in [-0.05, 0) is 30.9 Å². The number of benzene rings is 1. The molecule has 0 fully saturated rings. The van der Waals surface area contributed by atoms with Crippen molar-refractivity contribution in [3.8, 4) is 0 Å². The van der Waals surface area contributed by atoms with Gasteiger partial charge >= 0.3 is 0 Å². The molecule has 0 radical (unpaired) electrons. The Morgan fingerprint density at radius 1 is 1.20 bits per heavy atom. The second kappa shape index (κ2) is 7.63. The smallest absolute Gasteiger partial charge is 0.0351 e. The minimum absolute atomic E-state index is 1.10. The fourth-order valence-corrected chi connectivity index (χ4v) is 1.98. The molecule has 0 unspecified atom stereocenters. The molecular weight excluding hydrogens is 202 g/mol. The van der Waals surface area contributed by atoms with Crippen LogP contribution in [0.1, 0.15) is 32.6 Å². The molecule has 0 bridgehead atoms. The standard InChI is InChI=1S/C13H21NS/c1-3-4-5-6-10-14-12-8-7-9-13(11-12)15-2/h7-9,11,14H,3-6,10H2,1-2H3. The third kappa shape index (κ3) is 5.12. The predicted octanol–water partition coefficient (Wildman–Crippen LogP) is 4.40. The van der Waals surface area contributed by atoms with E-state index < -0.39 is 0 Å². The molecule has 0 saturated heterocycles. The minimum Gasteiger partial charge on any atom is -0.385 e. The van der Waals surface area contributed by atoms with Crippen LogP contribution in [0.25, 0.3) is 0 Å². The maximum absolute atomic E-state index is 3.46. The molecule has 1 aromatic carbocycles. The number of thioether (sulfide) groups is 1. The van der Waals surface area contributed by atoms with E-state index in [2.05, 4.69) is 42.8 Å². The van der Waals surface area contributed by atoms with Gasteiger partial charge < -0.3 is 5.32 Å². The van der Waals surface area contributed by atoms with Crippen LogP contribution in [0.3, 0.4) is 0 Å². The number of nitrogens with one attached hydrogen (secondary N) is 1.